The van der Waals surface area contributed by atoms with Crippen LogP contribution in [0, 0.1) is 6.07 Å². The summed E-state index contributed by atoms with van der Waals surface area (Å²) >= 11 is 0. The van der Waals surface area contributed by atoms with Crippen LogP contribution in [0.15, 0.2) is 35.9 Å². The summed E-state index contributed by atoms with van der Waals surface area (Å²) in [6.45, 7) is 1.15. The molecule has 1 nitrogen and oxygen atoms in total. The van der Waals surface area contributed by atoms with Gasteiger partial charge in [-0.3, -0.25) is 4.79 Å². The summed E-state index contributed by atoms with van der Waals surface area (Å²) < 4.78 is 35.8. The van der Waals surface area contributed by atoms with Gasteiger partial charge in [0, 0.05) is 17.2 Å². The van der Waals surface area contributed by atoms with Gasteiger partial charge in [-0.1, -0.05) is 24.3 Å². The van der Waals surface area contributed by atoms with Crippen molar-refractivity contribution in [1.29, 1.82) is 0 Å². The fourth-order valence-corrected chi connectivity index (χ4v) is 1.08. The number of hydrogen-bond acceptors (Lipinski definition) is 1. The predicted octanol–water partition coefficient (Wildman–Crippen LogP) is 3.18. The zero-order valence-electron chi connectivity index (χ0n) is 7.93. The van der Waals surface area contributed by atoms with Crippen molar-refractivity contribution in [3.63, 3.8) is 0 Å². The fourth-order valence-electron chi connectivity index (χ4n) is 1.08. The average Bonchev–Trinajstić information content (AvgIpc) is 2.15. The van der Waals surface area contributed by atoms with Gasteiger partial charge in [-0.2, -0.15) is 13.2 Å². The Hall–Kier alpha value is -1.58. The van der Waals surface area contributed by atoms with Crippen LogP contribution in [-0.2, 0) is 0 Å². The first-order chi connectivity index (χ1) is 6.90. The second kappa shape index (κ2) is 4.29. The molecule has 0 aromatic heterocycles. The van der Waals surface area contributed by atoms with E-state index >= 15 is 0 Å². The lowest BCUT2D eigenvalue weighted by atomic mass is 10.0. The predicted molar refractivity (Wildman–Crippen MR) is 49.4 cm³/mol. The Morgan fingerprint density at radius 3 is 2.33 bits per heavy atom. The number of ketones is 1. The van der Waals surface area contributed by atoms with Crippen molar-refractivity contribution in [1.82, 2.24) is 0 Å². The van der Waals surface area contributed by atoms with Crippen LogP contribution >= 0.6 is 0 Å². The van der Waals surface area contributed by atoms with Crippen molar-refractivity contribution >= 4 is 5.78 Å². The molecule has 0 aliphatic rings. The van der Waals surface area contributed by atoms with Crippen molar-refractivity contribution in [2.24, 2.45) is 0 Å². The lowest BCUT2D eigenvalue weighted by Crippen LogP contribution is -2.08. The van der Waals surface area contributed by atoms with Gasteiger partial charge in [0.25, 0.3) is 0 Å². The van der Waals surface area contributed by atoms with Crippen LogP contribution in [0.5, 0.6) is 0 Å². The molecule has 0 aliphatic heterocycles. The second-order valence-corrected chi connectivity index (χ2v) is 2.99. The Morgan fingerprint density at radius 2 is 1.87 bits per heavy atom. The van der Waals surface area contributed by atoms with Crippen molar-refractivity contribution in [3.05, 3.63) is 47.5 Å². The molecule has 0 fully saturated rings. The molecule has 1 aromatic rings. The number of hydrogen-bond donors (Lipinski definition) is 0. The Kier molecular flexibility index (Phi) is 3.29. The Morgan fingerprint density at radius 1 is 1.33 bits per heavy atom. The van der Waals surface area contributed by atoms with Gasteiger partial charge in [0.2, 0.25) is 0 Å². The molecule has 1 radical (unpaired) electrons. The van der Waals surface area contributed by atoms with E-state index in [4.69, 9.17) is 0 Å². The lowest BCUT2D eigenvalue weighted by Gasteiger charge is -2.03. The Bertz CT molecular complexity index is 377. The average molecular weight is 213 g/mol. The van der Waals surface area contributed by atoms with E-state index in [0.29, 0.717) is 0 Å². The van der Waals surface area contributed by atoms with E-state index in [1.165, 1.54) is 24.3 Å². The topological polar surface area (TPSA) is 17.1 Å². The number of halogens is 3. The van der Waals surface area contributed by atoms with Crippen LogP contribution in [0.1, 0.15) is 17.3 Å². The van der Waals surface area contributed by atoms with E-state index < -0.39 is 12.0 Å². The highest BCUT2D eigenvalue weighted by molar-refractivity contribution is 6.08. The maximum absolute atomic E-state index is 11.9. The summed E-state index contributed by atoms with van der Waals surface area (Å²) in [5.41, 5.74) is -0.0968. The summed E-state index contributed by atoms with van der Waals surface area (Å²) in [5.74, 6) is -0.624. The quantitative estimate of drug-likeness (QED) is 0.544. The molecule has 79 valence electrons. The molecule has 0 amide bonds. The fraction of sp³-hybridized carbons (Fsp3) is 0.182. The third kappa shape index (κ3) is 3.58. The summed E-state index contributed by atoms with van der Waals surface area (Å²) in [6.07, 6.45) is -4.45. The van der Waals surface area contributed by atoms with E-state index in [1.54, 1.807) is 0 Å². The van der Waals surface area contributed by atoms with Gasteiger partial charge in [0.1, 0.15) is 0 Å². The highest BCUT2D eigenvalue weighted by atomic mass is 19.4. The number of rotatable bonds is 2. The molecule has 1 rings (SSSR count). The first-order valence-electron chi connectivity index (χ1n) is 4.17. The minimum Gasteiger partial charge on any atom is -0.289 e. The third-order valence-corrected chi connectivity index (χ3v) is 1.72. The number of carbonyl (C=O) groups is 1. The number of benzene rings is 1. The number of allylic oxidation sites excluding steroid dienone is 2. The Balaban J connectivity index is 2.92. The van der Waals surface area contributed by atoms with Crippen molar-refractivity contribution in [2.75, 3.05) is 0 Å². The van der Waals surface area contributed by atoms with Crippen LogP contribution < -0.4 is 0 Å². The highest BCUT2D eigenvalue weighted by Crippen LogP contribution is 2.20. The van der Waals surface area contributed by atoms with E-state index in [2.05, 4.69) is 6.07 Å². The van der Waals surface area contributed by atoms with Crippen LogP contribution in [0.2, 0.25) is 0 Å². The summed E-state index contributed by atoms with van der Waals surface area (Å²) in [4.78, 5) is 11.4. The minimum atomic E-state index is -4.46. The molecule has 0 aliphatic carbocycles. The minimum absolute atomic E-state index is 0.00600. The van der Waals surface area contributed by atoms with Gasteiger partial charge < -0.3 is 0 Å². The van der Waals surface area contributed by atoms with Gasteiger partial charge in [0.05, 0.1) is 0 Å². The molecule has 0 N–H and O–H groups in total. The smallest absolute Gasteiger partial charge is 0.289 e. The monoisotopic (exact) mass is 213 g/mol. The van der Waals surface area contributed by atoms with Crippen LogP contribution in [0.25, 0.3) is 0 Å². The molecular weight excluding hydrogens is 205 g/mol. The summed E-state index contributed by atoms with van der Waals surface area (Å²) in [6, 6.07) is 8.49. The molecule has 0 unspecified atom stereocenters. The number of Topliss-reactive ketones (excluding diaryl/α,β-unsaturated/α-hetero) is 1. The van der Waals surface area contributed by atoms with E-state index in [-0.39, 0.29) is 17.2 Å². The van der Waals surface area contributed by atoms with Crippen molar-refractivity contribution in [2.45, 2.75) is 13.1 Å². The molecular formula is C11H8F3O. The van der Waals surface area contributed by atoms with Crippen molar-refractivity contribution < 1.29 is 18.0 Å². The van der Waals surface area contributed by atoms with Crippen molar-refractivity contribution in [3.8, 4) is 0 Å². The standard InChI is InChI=1S/C11H8F3O/c1-8(7-11(12,13)14)10(15)9-5-3-2-4-6-9/h3-7H,1H3/b8-7+. The SMILES string of the molecule is C/C(=C\C(F)(F)F)C(=O)c1cc[c]cc1. The van der Waals surface area contributed by atoms with Gasteiger partial charge in [0.15, 0.2) is 5.78 Å². The molecule has 4 heteroatoms. The van der Waals surface area contributed by atoms with Crippen LogP contribution in [-0.4, -0.2) is 12.0 Å². The molecule has 0 spiro atoms. The van der Waals surface area contributed by atoms with E-state index in [9.17, 15) is 18.0 Å². The molecule has 0 bridgehead atoms. The maximum atomic E-state index is 11.9. The third-order valence-electron chi connectivity index (χ3n) is 1.72. The van der Waals surface area contributed by atoms with E-state index in [0.717, 1.165) is 6.92 Å². The number of alkyl halides is 3. The normalized spacial score (nSPS) is 12.7. The van der Waals surface area contributed by atoms with E-state index in [1.807, 2.05) is 0 Å². The molecule has 0 saturated carbocycles. The van der Waals surface area contributed by atoms with Gasteiger partial charge in [-0.25, -0.2) is 0 Å². The van der Waals surface area contributed by atoms with Gasteiger partial charge in [-0.15, -0.1) is 0 Å². The Labute approximate surface area is 85.2 Å². The number of carbonyl (C=O) groups excluding carboxylic acids is 1. The zero-order chi connectivity index (χ0) is 11.5. The molecule has 0 saturated heterocycles. The van der Waals surface area contributed by atoms with Crippen LogP contribution in [0.3, 0.4) is 0 Å². The highest BCUT2D eigenvalue weighted by Gasteiger charge is 2.25. The van der Waals surface area contributed by atoms with Crippen LogP contribution in [0.4, 0.5) is 13.2 Å². The maximum Gasteiger partial charge on any atom is 0.410 e. The first-order valence-corrected chi connectivity index (χ1v) is 4.17. The van der Waals surface area contributed by atoms with Gasteiger partial charge >= 0.3 is 6.18 Å². The largest absolute Gasteiger partial charge is 0.410 e. The molecule has 0 atom stereocenters. The zero-order valence-corrected chi connectivity index (χ0v) is 7.93. The first kappa shape index (κ1) is 11.5. The molecule has 1 aromatic carbocycles. The lowest BCUT2D eigenvalue weighted by molar-refractivity contribution is -0.0804. The summed E-state index contributed by atoms with van der Waals surface area (Å²) in [7, 11) is 0. The van der Waals surface area contributed by atoms with Gasteiger partial charge in [-0.05, 0) is 13.0 Å². The second-order valence-electron chi connectivity index (χ2n) is 2.99. The molecule has 15 heavy (non-hydrogen) atoms. The molecule has 0 heterocycles. The summed E-state index contributed by atoms with van der Waals surface area (Å²) in [5, 5.41) is 0.